The normalized spacial score (nSPS) is 15.6. The van der Waals surface area contributed by atoms with Gasteiger partial charge in [0, 0.05) is 73.4 Å². The lowest BCUT2D eigenvalue weighted by atomic mass is 10.1. The average Bonchev–Trinajstić information content (AvgIpc) is 2.96. The largest absolute Gasteiger partial charge is 0.444 e. The molecular weight excluding hydrogens is 704 g/mol. The monoisotopic (exact) mass is 752 g/mol. The molecule has 2 fully saturated rings. The molecule has 2 saturated heterocycles. The van der Waals surface area contributed by atoms with Gasteiger partial charge in [-0.3, -0.25) is 9.69 Å². The highest BCUT2D eigenvalue weighted by atomic mass is 79.9. The Morgan fingerprint density at radius 1 is 0.756 bits per heavy atom. The van der Waals surface area contributed by atoms with Crippen LogP contribution in [0.2, 0.25) is 0 Å². The molecule has 0 radical (unpaired) electrons. The molecule has 2 aromatic rings. The molecule has 2 aliphatic heterocycles. The Morgan fingerprint density at radius 3 is 1.67 bits per heavy atom. The second-order valence-corrected chi connectivity index (χ2v) is 14.9. The summed E-state index contributed by atoms with van der Waals surface area (Å²) in [5.74, 6) is 0. The van der Waals surface area contributed by atoms with Gasteiger partial charge in [-0.05, 0) is 84.2 Å². The topological polar surface area (TPSA) is 91.4 Å². The minimum atomic E-state index is -0.428. The van der Waals surface area contributed by atoms with Crippen LogP contribution in [0, 0.1) is 13.8 Å². The van der Waals surface area contributed by atoms with E-state index in [0.29, 0.717) is 5.56 Å². The second kappa shape index (κ2) is 18.0. The number of carbonyl (C=O) groups excluding carboxylic acids is 3. The van der Waals surface area contributed by atoms with Gasteiger partial charge in [-0.15, -0.1) is 0 Å². The smallest absolute Gasteiger partial charge is 0.410 e. The van der Waals surface area contributed by atoms with Crippen molar-refractivity contribution >= 4 is 50.3 Å². The van der Waals surface area contributed by atoms with E-state index in [-0.39, 0.29) is 17.8 Å². The molecule has 45 heavy (non-hydrogen) atoms. The van der Waals surface area contributed by atoms with E-state index >= 15 is 0 Å². The number of hydrogen-bond acceptors (Lipinski definition) is 7. The van der Waals surface area contributed by atoms with Gasteiger partial charge in [0.1, 0.15) is 17.5 Å². The van der Waals surface area contributed by atoms with Gasteiger partial charge >= 0.3 is 12.2 Å². The molecule has 0 spiro atoms. The summed E-state index contributed by atoms with van der Waals surface area (Å²) in [7, 11) is 0. The third-order valence-corrected chi connectivity index (χ3v) is 8.48. The van der Waals surface area contributed by atoms with Gasteiger partial charge in [0.2, 0.25) is 0 Å². The molecule has 2 aromatic carbocycles. The van der Waals surface area contributed by atoms with Gasteiger partial charge in [-0.2, -0.15) is 0 Å². The first-order chi connectivity index (χ1) is 21.0. The highest BCUT2D eigenvalue weighted by molar-refractivity contribution is 9.10. The van der Waals surface area contributed by atoms with E-state index in [1.807, 2.05) is 60.6 Å². The number of benzene rings is 2. The number of nitrogens with zero attached hydrogens (tertiary/aromatic N) is 3. The first kappa shape index (κ1) is 38.7. The van der Waals surface area contributed by atoms with Crippen molar-refractivity contribution < 1.29 is 23.9 Å². The number of piperazine rings is 2. The molecule has 0 aromatic heterocycles. The number of halogens is 2. The van der Waals surface area contributed by atoms with Crippen LogP contribution >= 0.6 is 31.9 Å². The molecule has 2 aliphatic rings. The lowest BCUT2D eigenvalue weighted by Gasteiger charge is -2.35. The Kier molecular flexibility index (Phi) is 15.5. The van der Waals surface area contributed by atoms with Crippen molar-refractivity contribution in [1.82, 2.24) is 20.0 Å². The Balaban J connectivity index is 0.000000259. The summed E-state index contributed by atoms with van der Waals surface area (Å²) >= 11 is 6.91. The highest BCUT2D eigenvalue weighted by Crippen LogP contribution is 2.20. The zero-order valence-corrected chi connectivity index (χ0v) is 31.2. The molecular formula is C34H50Br2N4O5. The number of carbonyl (C=O) groups is 3. The van der Waals surface area contributed by atoms with Crippen molar-refractivity contribution in [2.45, 2.75) is 73.1 Å². The van der Waals surface area contributed by atoms with Gasteiger partial charge in [-0.25, -0.2) is 9.59 Å². The molecule has 2 heterocycles. The zero-order chi connectivity index (χ0) is 33.8. The maximum Gasteiger partial charge on any atom is 0.410 e. The summed E-state index contributed by atoms with van der Waals surface area (Å²) in [6.45, 7) is 22.8. The third-order valence-electron chi connectivity index (χ3n) is 6.77. The average molecular weight is 755 g/mol. The maximum atomic E-state index is 12.0. The van der Waals surface area contributed by atoms with Crippen LogP contribution in [-0.2, 0) is 16.0 Å². The quantitative estimate of drug-likeness (QED) is 0.332. The number of hydrogen-bond donors (Lipinski definition) is 1. The van der Waals surface area contributed by atoms with Crippen LogP contribution in [0.5, 0.6) is 0 Å². The molecule has 0 unspecified atom stereocenters. The Hall–Kier alpha value is -2.47. The first-order valence-electron chi connectivity index (χ1n) is 15.3. The summed E-state index contributed by atoms with van der Waals surface area (Å²) in [6, 6.07) is 12.0. The minimum Gasteiger partial charge on any atom is -0.444 e. The molecule has 4 rings (SSSR count). The summed E-state index contributed by atoms with van der Waals surface area (Å²) < 4.78 is 12.8. The van der Waals surface area contributed by atoms with Crippen LogP contribution in [0.3, 0.4) is 0 Å². The van der Waals surface area contributed by atoms with Crippen LogP contribution < -0.4 is 5.32 Å². The van der Waals surface area contributed by atoms with Gasteiger partial charge in [0.05, 0.1) is 0 Å². The van der Waals surface area contributed by atoms with Gasteiger partial charge in [-0.1, -0.05) is 56.1 Å². The SMILES string of the molecule is CC(C)(C)OC(=O)N1CCNCC1.Cc1ccc(C=O)cc1Br.Cc1ccc(CN2CCN(C(=O)OC(C)(C)C)CC2)cc1Br. The summed E-state index contributed by atoms with van der Waals surface area (Å²) in [5.41, 5.74) is 3.58. The van der Waals surface area contributed by atoms with Crippen molar-refractivity contribution in [2.75, 3.05) is 52.4 Å². The molecule has 0 aliphatic carbocycles. The standard InChI is InChI=1S/C17H25BrN2O2.C9H18N2O2.C8H7BrO/c1-13-5-6-14(11-15(13)18)12-19-7-9-20(10-8-19)16(21)22-17(2,3)4;1-9(2,3)13-8(12)11-6-4-10-5-7-11;1-6-2-3-7(5-10)4-8(6)9/h5-6,11H,7-10,12H2,1-4H3;10H,4-7H2,1-3H3;2-5H,1H3. The maximum absolute atomic E-state index is 12.0. The van der Waals surface area contributed by atoms with Crippen LogP contribution in [0.1, 0.15) is 68.6 Å². The molecule has 0 saturated carbocycles. The predicted molar refractivity (Wildman–Crippen MR) is 187 cm³/mol. The van der Waals surface area contributed by atoms with E-state index in [0.717, 1.165) is 79.7 Å². The van der Waals surface area contributed by atoms with Crippen molar-refractivity contribution in [3.8, 4) is 0 Å². The van der Waals surface area contributed by atoms with Gasteiger partial charge < -0.3 is 24.6 Å². The fraction of sp³-hybridized carbons (Fsp3) is 0.559. The lowest BCUT2D eigenvalue weighted by molar-refractivity contribution is 0.0138. The van der Waals surface area contributed by atoms with Crippen molar-refractivity contribution in [3.05, 3.63) is 67.6 Å². The van der Waals surface area contributed by atoms with E-state index in [1.165, 1.54) is 11.1 Å². The van der Waals surface area contributed by atoms with Crippen LogP contribution in [0.15, 0.2) is 45.3 Å². The van der Waals surface area contributed by atoms with E-state index in [9.17, 15) is 14.4 Å². The summed E-state index contributed by atoms with van der Waals surface area (Å²) in [5, 5.41) is 3.18. The fourth-order valence-corrected chi connectivity index (χ4v) is 5.09. The van der Waals surface area contributed by atoms with Gasteiger partial charge in [0.15, 0.2) is 0 Å². The molecule has 2 amide bonds. The lowest BCUT2D eigenvalue weighted by Crippen LogP contribution is -2.49. The van der Waals surface area contributed by atoms with E-state index in [1.54, 1.807) is 15.9 Å². The predicted octanol–water partition coefficient (Wildman–Crippen LogP) is 7.21. The Morgan fingerprint density at radius 2 is 1.22 bits per heavy atom. The number of aryl methyl sites for hydroxylation is 2. The van der Waals surface area contributed by atoms with Gasteiger partial charge in [0.25, 0.3) is 0 Å². The molecule has 0 bridgehead atoms. The van der Waals surface area contributed by atoms with Crippen LogP contribution in [0.4, 0.5) is 9.59 Å². The molecule has 0 atom stereocenters. The molecule has 9 nitrogen and oxygen atoms in total. The number of nitrogens with one attached hydrogen (secondary N) is 1. The highest BCUT2D eigenvalue weighted by Gasteiger charge is 2.26. The van der Waals surface area contributed by atoms with E-state index in [2.05, 4.69) is 67.2 Å². The van der Waals surface area contributed by atoms with Crippen LogP contribution in [-0.4, -0.2) is 96.7 Å². The van der Waals surface area contributed by atoms with Crippen molar-refractivity contribution in [1.29, 1.82) is 0 Å². The zero-order valence-electron chi connectivity index (χ0n) is 28.0. The minimum absolute atomic E-state index is 0.200. The molecule has 250 valence electrons. The number of rotatable bonds is 3. The Bertz CT molecular complexity index is 1260. The van der Waals surface area contributed by atoms with Crippen molar-refractivity contribution in [3.63, 3.8) is 0 Å². The number of amides is 2. The second-order valence-electron chi connectivity index (χ2n) is 13.2. The third kappa shape index (κ3) is 15.1. The fourth-order valence-electron chi connectivity index (χ4n) is 4.26. The molecule has 1 N–H and O–H groups in total. The van der Waals surface area contributed by atoms with Crippen molar-refractivity contribution in [2.24, 2.45) is 0 Å². The summed E-state index contributed by atoms with van der Waals surface area (Å²) in [6.07, 6.45) is 0.434. The number of ether oxygens (including phenoxy) is 2. The number of aldehydes is 1. The van der Waals surface area contributed by atoms with E-state index < -0.39 is 5.60 Å². The Labute approximate surface area is 286 Å². The van der Waals surface area contributed by atoms with E-state index in [4.69, 9.17) is 9.47 Å². The molecule has 11 heteroatoms. The first-order valence-corrected chi connectivity index (χ1v) is 16.9. The summed E-state index contributed by atoms with van der Waals surface area (Å²) in [4.78, 5) is 39.7. The van der Waals surface area contributed by atoms with Crippen LogP contribution in [0.25, 0.3) is 0 Å².